The summed E-state index contributed by atoms with van der Waals surface area (Å²) in [4.78, 5) is 0. The topological polar surface area (TPSA) is 12.0 Å². The standard InChI is InChI=1S/C16H23N/c1-12-4-3-5-13(6-12)8-16(11-17-2)9-14-7-15(14)10-16/h3-6,14-15,17H,7-11H2,1-2H3. The predicted octanol–water partition coefficient (Wildman–Crippen LogP) is 3.17. The van der Waals surface area contributed by atoms with Gasteiger partial charge in [-0.3, -0.25) is 0 Å². The lowest BCUT2D eigenvalue weighted by Gasteiger charge is -2.31. The SMILES string of the molecule is CNCC1(Cc2cccc(C)c2)CC2CC2C1. The van der Waals surface area contributed by atoms with Crippen LogP contribution in [0.5, 0.6) is 0 Å². The smallest absolute Gasteiger partial charge is 0.000820 e. The molecule has 0 heterocycles. The zero-order valence-electron chi connectivity index (χ0n) is 11.0. The summed E-state index contributed by atoms with van der Waals surface area (Å²) < 4.78 is 0. The van der Waals surface area contributed by atoms with Crippen molar-refractivity contribution in [3.63, 3.8) is 0 Å². The van der Waals surface area contributed by atoms with Crippen molar-refractivity contribution in [2.24, 2.45) is 17.3 Å². The molecule has 0 bridgehead atoms. The average Bonchev–Trinajstić information content (AvgIpc) is 2.87. The van der Waals surface area contributed by atoms with E-state index in [1.165, 1.54) is 43.4 Å². The van der Waals surface area contributed by atoms with Crippen LogP contribution in [0.4, 0.5) is 0 Å². The van der Waals surface area contributed by atoms with Crippen LogP contribution in [-0.4, -0.2) is 13.6 Å². The lowest BCUT2D eigenvalue weighted by molar-refractivity contribution is 0.255. The van der Waals surface area contributed by atoms with E-state index in [2.05, 4.69) is 43.6 Å². The average molecular weight is 229 g/mol. The van der Waals surface area contributed by atoms with Crippen molar-refractivity contribution < 1.29 is 0 Å². The van der Waals surface area contributed by atoms with Gasteiger partial charge in [-0.05, 0) is 62.5 Å². The van der Waals surface area contributed by atoms with E-state index in [-0.39, 0.29) is 0 Å². The van der Waals surface area contributed by atoms with E-state index in [9.17, 15) is 0 Å². The minimum absolute atomic E-state index is 0.552. The first-order valence-electron chi connectivity index (χ1n) is 6.91. The maximum Gasteiger partial charge on any atom is 0.000820 e. The third-order valence-corrected chi connectivity index (χ3v) is 4.67. The minimum atomic E-state index is 0.552. The van der Waals surface area contributed by atoms with Crippen LogP contribution in [0.1, 0.15) is 30.4 Å². The Morgan fingerprint density at radius 1 is 1.29 bits per heavy atom. The zero-order valence-corrected chi connectivity index (χ0v) is 11.0. The molecule has 0 aromatic heterocycles. The third-order valence-electron chi connectivity index (χ3n) is 4.67. The van der Waals surface area contributed by atoms with E-state index in [0.29, 0.717) is 5.41 Å². The highest BCUT2D eigenvalue weighted by atomic mass is 14.8. The van der Waals surface area contributed by atoms with Crippen molar-refractivity contribution in [1.29, 1.82) is 0 Å². The van der Waals surface area contributed by atoms with E-state index < -0.39 is 0 Å². The number of hydrogen-bond acceptors (Lipinski definition) is 1. The number of rotatable bonds is 4. The molecule has 0 radical (unpaired) electrons. The van der Waals surface area contributed by atoms with Crippen LogP contribution in [0, 0.1) is 24.2 Å². The Bertz CT molecular complexity index is 400. The number of nitrogens with one attached hydrogen (secondary N) is 1. The monoisotopic (exact) mass is 229 g/mol. The van der Waals surface area contributed by atoms with Gasteiger partial charge in [0.05, 0.1) is 0 Å². The molecule has 1 nitrogen and oxygen atoms in total. The number of aryl methyl sites for hydroxylation is 1. The molecule has 1 aromatic carbocycles. The predicted molar refractivity (Wildman–Crippen MR) is 72.1 cm³/mol. The van der Waals surface area contributed by atoms with Gasteiger partial charge in [-0.25, -0.2) is 0 Å². The van der Waals surface area contributed by atoms with Gasteiger partial charge in [-0.1, -0.05) is 29.8 Å². The van der Waals surface area contributed by atoms with E-state index in [1.807, 2.05) is 0 Å². The van der Waals surface area contributed by atoms with Crippen LogP contribution < -0.4 is 5.32 Å². The lowest BCUT2D eigenvalue weighted by atomic mass is 9.77. The summed E-state index contributed by atoms with van der Waals surface area (Å²) in [5.74, 6) is 2.13. The fourth-order valence-corrected chi connectivity index (χ4v) is 3.99. The first-order chi connectivity index (χ1) is 8.21. The highest BCUT2D eigenvalue weighted by Gasteiger charge is 2.53. The second-order valence-corrected chi connectivity index (χ2v) is 6.36. The van der Waals surface area contributed by atoms with Crippen molar-refractivity contribution in [2.45, 2.75) is 32.6 Å². The van der Waals surface area contributed by atoms with Gasteiger partial charge in [0, 0.05) is 6.54 Å². The highest BCUT2D eigenvalue weighted by molar-refractivity contribution is 5.24. The minimum Gasteiger partial charge on any atom is -0.319 e. The van der Waals surface area contributed by atoms with Gasteiger partial charge in [0.1, 0.15) is 0 Å². The summed E-state index contributed by atoms with van der Waals surface area (Å²) in [5, 5.41) is 3.43. The van der Waals surface area contributed by atoms with Gasteiger partial charge in [-0.2, -0.15) is 0 Å². The van der Waals surface area contributed by atoms with Gasteiger partial charge in [0.25, 0.3) is 0 Å². The Labute approximate surface area is 105 Å². The highest BCUT2D eigenvalue weighted by Crippen LogP contribution is 2.60. The zero-order chi connectivity index (χ0) is 11.9. The molecule has 0 saturated heterocycles. The first kappa shape index (κ1) is 11.3. The summed E-state index contributed by atoms with van der Waals surface area (Å²) >= 11 is 0. The molecule has 1 aromatic rings. The van der Waals surface area contributed by atoms with Gasteiger partial charge in [0.15, 0.2) is 0 Å². The Morgan fingerprint density at radius 2 is 2.06 bits per heavy atom. The Hall–Kier alpha value is -0.820. The number of fused-ring (bicyclic) bond motifs is 1. The van der Waals surface area contributed by atoms with Gasteiger partial charge >= 0.3 is 0 Å². The Balaban J connectivity index is 1.76. The quantitative estimate of drug-likeness (QED) is 0.836. The van der Waals surface area contributed by atoms with Crippen molar-refractivity contribution in [3.05, 3.63) is 35.4 Å². The van der Waals surface area contributed by atoms with Crippen molar-refractivity contribution >= 4 is 0 Å². The van der Waals surface area contributed by atoms with Crippen molar-refractivity contribution in [2.75, 3.05) is 13.6 Å². The fourth-order valence-electron chi connectivity index (χ4n) is 3.99. The Kier molecular flexibility index (Phi) is 2.74. The molecule has 1 N–H and O–H groups in total. The number of benzene rings is 1. The number of hydrogen-bond donors (Lipinski definition) is 1. The van der Waals surface area contributed by atoms with E-state index in [1.54, 1.807) is 0 Å². The molecule has 2 aliphatic rings. The fraction of sp³-hybridized carbons (Fsp3) is 0.625. The maximum absolute atomic E-state index is 3.43. The molecular weight excluding hydrogens is 206 g/mol. The third kappa shape index (κ3) is 2.26. The van der Waals surface area contributed by atoms with Gasteiger partial charge in [-0.15, -0.1) is 0 Å². The molecule has 17 heavy (non-hydrogen) atoms. The van der Waals surface area contributed by atoms with Crippen LogP contribution in [0.15, 0.2) is 24.3 Å². The first-order valence-corrected chi connectivity index (χ1v) is 6.91. The molecule has 2 saturated carbocycles. The second kappa shape index (κ2) is 4.13. The normalized spacial score (nSPS) is 34.7. The largest absolute Gasteiger partial charge is 0.319 e. The van der Waals surface area contributed by atoms with E-state index in [4.69, 9.17) is 0 Å². The summed E-state index contributed by atoms with van der Waals surface area (Å²) in [5.41, 5.74) is 3.47. The molecule has 2 unspecified atom stereocenters. The van der Waals surface area contributed by atoms with Crippen LogP contribution in [-0.2, 0) is 6.42 Å². The molecule has 2 fully saturated rings. The maximum atomic E-state index is 3.43. The van der Waals surface area contributed by atoms with Crippen molar-refractivity contribution in [1.82, 2.24) is 5.32 Å². The second-order valence-electron chi connectivity index (χ2n) is 6.36. The van der Waals surface area contributed by atoms with Gasteiger partial charge < -0.3 is 5.32 Å². The summed E-state index contributed by atoms with van der Waals surface area (Å²) in [6, 6.07) is 9.06. The van der Waals surface area contributed by atoms with E-state index in [0.717, 1.165) is 11.8 Å². The molecule has 2 aliphatic carbocycles. The molecule has 1 heteroatoms. The lowest BCUT2D eigenvalue weighted by Crippen LogP contribution is -2.33. The van der Waals surface area contributed by atoms with E-state index >= 15 is 0 Å². The summed E-state index contributed by atoms with van der Waals surface area (Å²) in [6.07, 6.45) is 5.68. The Morgan fingerprint density at radius 3 is 2.71 bits per heavy atom. The van der Waals surface area contributed by atoms with Crippen molar-refractivity contribution in [3.8, 4) is 0 Å². The van der Waals surface area contributed by atoms with Gasteiger partial charge in [0.2, 0.25) is 0 Å². The molecule has 0 aliphatic heterocycles. The van der Waals surface area contributed by atoms with Crippen LogP contribution in [0.3, 0.4) is 0 Å². The molecule has 0 spiro atoms. The molecule has 3 rings (SSSR count). The molecule has 2 atom stereocenters. The van der Waals surface area contributed by atoms with Crippen LogP contribution in [0.2, 0.25) is 0 Å². The summed E-state index contributed by atoms with van der Waals surface area (Å²) in [6.45, 7) is 3.38. The van der Waals surface area contributed by atoms with Crippen LogP contribution >= 0.6 is 0 Å². The molecular formula is C16H23N. The van der Waals surface area contributed by atoms with Crippen LogP contribution in [0.25, 0.3) is 0 Å². The molecule has 0 amide bonds. The summed E-state index contributed by atoms with van der Waals surface area (Å²) in [7, 11) is 2.10. The molecule has 92 valence electrons.